The summed E-state index contributed by atoms with van der Waals surface area (Å²) in [4.78, 5) is 0. The number of hydrogen-bond donors (Lipinski definition) is 2. The molecule has 0 radical (unpaired) electrons. The monoisotopic (exact) mass is 271 g/mol. The Hall–Kier alpha value is -0.770. The van der Waals surface area contributed by atoms with Gasteiger partial charge in [0.15, 0.2) is 0 Å². The van der Waals surface area contributed by atoms with Crippen molar-refractivity contribution in [2.75, 3.05) is 20.7 Å². The summed E-state index contributed by atoms with van der Waals surface area (Å²) in [5.74, 6) is 0.549. The molecule has 1 aromatic carbocycles. The highest BCUT2D eigenvalue weighted by atomic mass is 35.5. The van der Waals surface area contributed by atoms with Crippen LogP contribution in [0.1, 0.15) is 38.0 Å². The minimum absolute atomic E-state index is 0.0238. The second-order valence-corrected chi connectivity index (χ2v) is 5.81. The molecule has 0 aliphatic heterocycles. The van der Waals surface area contributed by atoms with Gasteiger partial charge in [-0.15, -0.1) is 0 Å². The molecule has 3 nitrogen and oxygen atoms in total. The fourth-order valence-corrected chi connectivity index (χ4v) is 2.12. The Morgan fingerprint density at radius 1 is 1.39 bits per heavy atom. The highest BCUT2D eigenvalue weighted by Gasteiger charge is 2.21. The zero-order valence-electron chi connectivity index (χ0n) is 11.7. The molecule has 4 heteroatoms. The summed E-state index contributed by atoms with van der Waals surface area (Å²) >= 11 is 6.23. The lowest BCUT2D eigenvalue weighted by Gasteiger charge is -2.23. The fourth-order valence-electron chi connectivity index (χ4n) is 1.81. The second-order valence-electron chi connectivity index (χ2n) is 5.40. The highest BCUT2D eigenvalue weighted by Crippen LogP contribution is 2.37. The zero-order valence-corrected chi connectivity index (χ0v) is 12.4. The van der Waals surface area contributed by atoms with Crippen LogP contribution in [-0.4, -0.2) is 25.8 Å². The third kappa shape index (κ3) is 3.37. The Morgan fingerprint density at radius 3 is 2.44 bits per heavy atom. The quantitative estimate of drug-likeness (QED) is 0.885. The van der Waals surface area contributed by atoms with Crippen LogP contribution >= 0.6 is 11.6 Å². The van der Waals surface area contributed by atoms with Gasteiger partial charge in [0.05, 0.1) is 18.2 Å². The number of rotatable bonds is 4. The van der Waals surface area contributed by atoms with E-state index in [9.17, 15) is 5.11 Å². The van der Waals surface area contributed by atoms with Crippen LogP contribution in [0.2, 0.25) is 5.02 Å². The minimum atomic E-state index is -0.634. The van der Waals surface area contributed by atoms with Gasteiger partial charge < -0.3 is 15.2 Å². The van der Waals surface area contributed by atoms with Gasteiger partial charge in [-0.05, 0) is 30.2 Å². The average molecular weight is 272 g/mol. The highest BCUT2D eigenvalue weighted by molar-refractivity contribution is 6.32. The molecule has 2 N–H and O–H groups in total. The van der Waals surface area contributed by atoms with E-state index in [1.165, 1.54) is 0 Å². The number of aliphatic hydroxyl groups excluding tert-OH is 1. The number of hydrogen-bond acceptors (Lipinski definition) is 3. The molecule has 1 unspecified atom stereocenters. The van der Waals surface area contributed by atoms with E-state index >= 15 is 0 Å². The molecule has 1 aromatic rings. The van der Waals surface area contributed by atoms with Crippen molar-refractivity contribution < 1.29 is 9.84 Å². The Morgan fingerprint density at radius 2 is 2.00 bits per heavy atom. The predicted octanol–water partition coefficient (Wildman–Crippen LogP) is 2.90. The smallest absolute Gasteiger partial charge is 0.143 e. The maximum atomic E-state index is 10.1. The molecule has 102 valence electrons. The SMILES string of the molecule is CNCC(O)c1cc(C(C)(C)C)cc(Cl)c1OC. The van der Waals surface area contributed by atoms with Gasteiger partial charge >= 0.3 is 0 Å². The molecule has 0 saturated carbocycles. The number of ether oxygens (including phenoxy) is 1. The molecule has 0 spiro atoms. The summed E-state index contributed by atoms with van der Waals surface area (Å²) in [6.07, 6.45) is -0.634. The van der Waals surface area contributed by atoms with Gasteiger partial charge in [-0.25, -0.2) is 0 Å². The van der Waals surface area contributed by atoms with Crippen LogP contribution in [0.5, 0.6) is 5.75 Å². The van der Waals surface area contributed by atoms with E-state index in [0.717, 1.165) is 11.1 Å². The lowest BCUT2D eigenvalue weighted by Crippen LogP contribution is -2.19. The van der Waals surface area contributed by atoms with E-state index in [-0.39, 0.29) is 5.41 Å². The van der Waals surface area contributed by atoms with Crippen LogP contribution in [0.3, 0.4) is 0 Å². The third-order valence-electron chi connectivity index (χ3n) is 2.90. The molecule has 0 aromatic heterocycles. The minimum Gasteiger partial charge on any atom is -0.495 e. The van der Waals surface area contributed by atoms with Gasteiger partial charge in [-0.1, -0.05) is 32.4 Å². The fraction of sp³-hybridized carbons (Fsp3) is 0.571. The first-order valence-corrected chi connectivity index (χ1v) is 6.39. The molecule has 0 fully saturated rings. The first kappa shape index (κ1) is 15.3. The number of benzene rings is 1. The molecule has 1 rings (SSSR count). The molecule has 0 bridgehead atoms. The first-order chi connectivity index (χ1) is 8.31. The van der Waals surface area contributed by atoms with Crippen molar-refractivity contribution in [3.8, 4) is 5.75 Å². The molecule has 0 heterocycles. The van der Waals surface area contributed by atoms with Crippen LogP contribution in [0.15, 0.2) is 12.1 Å². The molecule has 1 atom stereocenters. The number of likely N-dealkylation sites (N-methyl/N-ethyl adjacent to an activating group) is 1. The maximum absolute atomic E-state index is 10.1. The van der Waals surface area contributed by atoms with E-state index in [0.29, 0.717) is 17.3 Å². The van der Waals surface area contributed by atoms with Crippen LogP contribution in [-0.2, 0) is 5.41 Å². The molecule has 0 aliphatic rings. The Balaban J connectivity index is 3.32. The van der Waals surface area contributed by atoms with Crippen molar-refractivity contribution >= 4 is 11.6 Å². The largest absolute Gasteiger partial charge is 0.495 e. The van der Waals surface area contributed by atoms with Crippen molar-refractivity contribution in [2.45, 2.75) is 32.3 Å². The second kappa shape index (κ2) is 5.91. The predicted molar refractivity (Wildman–Crippen MR) is 75.6 cm³/mol. The van der Waals surface area contributed by atoms with Crippen molar-refractivity contribution in [3.05, 3.63) is 28.3 Å². The van der Waals surface area contributed by atoms with E-state index in [1.54, 1.807) is 14.2 Å². The van der Waals surface area contributed by atoms with Crippen molar-refractivity contribution in [3.63, 3.8) is 0 Å². The van der Waals surface area contributed by atoms with E-state index in [2.05, 4.69) is 26.1 Å². The van der Waals surface area contributed by atoms with Crippen LogP contribution in [0, 0.1) is 0 Å². The summed E-state index contributed by atoms with van der Waals surface area (Å²) in [5.41, 5.74) is 1.78. The number of halogens is 1. The Bertz CT molecular complexity index is 413. The van der Waals surface area contributed by atoms with Crippen molar-refractivity contribution in [1.29, 1.82) is 0 Å². The molecule has 0 saturated heterocycles. The normalized spacial score (nSPS) is 13.5. The molecule has 0 aliphatic carbocycles. The van der Waals surface area contributed by atoms with E-state index in [4.69, 9.17) is 16.3 Å². The summed E-state index contributed by atoms with van der Waals surface area (Å²) in [6, 6.07) is 3.86. The van der Waals surface area contributed by atoms with E-state index in [1.807, 2.05) is 12.1 Å². The topological polar surface area (TPSA) is 41.5 Å². The van der Waals surface area contributed by atoms with Crippen LogP contribution in [0.25, 0.3) is 0 Å². The van der Waals surface area contributed by atoms with Gasteiger partial charge in [0, 0.05) is 12.1 Å². The van der Waals surface area contributed by atoms with Gasteiger partial charge in [0.1, 0.15) is 5.75 Å². The molecular weight excluding hydrogens is 250 g/mol. The summed E-state index contributed by atoms with van der Waals surface area (Å²) in [5, 5.41) is 13.6. The third-order valence-corrected chi connectivity index (χ3v) is 3.18. The van der Waals surface area contributed by atoms with Gasteiger partial charge in [-0.3, -0.25) is 0 Å². The molecule has 18 heavy (non-hydrogen) atoms. The maximum Gasteiger partial charge on any atom is 0.143 e. The summed E-state index contributed by atoms with van der Waals surface area (Å²) in [7, 11) is 3.36. The lowest BCUT2D eigenvalue weighted by molar-refractivity contribution is 0.173. The first-order valence-electron chi connectivity index (χ1n) is 6.01. The average Bonchev–Trinajstić information content (AvgIpc) is 2.27. The molecular formula is C14H22ClNO2. The number of nitrogens with one attached hydrogen (secondary N) is 1. The standard InChI is InChI=1S/C14H22ClNO2/c1-14(2,3)9-6-10(12(17)8-16-4)13(18-5)11(15)7-9/h6-7,12,16-17H,8H2,1-5H3. The zero-order chi connectivity index (χ0) is 13.9. The Kier molecular flexibility index (Phi) is 5.02. The number of aliphatic hydroxyl groups is 1. The van der Waals surface area contributed by atoms with Crippen molar-refractivity contribution in [1.82, 2.24) is 5.32 Å². The molecule has 0 amide bonds. The van der Waals surface area contributed by atoms with Crippen molar-refractivity contribution in [2.24, 2.45) is 0 Å². The number of methoxy groups -OCH3 is 1. The van der Waals surface area contributed by atoms with Gasteiger partial charge in [-0.2, -0.15) is 0 Å². The van der Waals surface area contributed by atoms with Crippen LogP contribution in [0.4, 0.5) is 0 Å². The Labute approximate surface area is 114 Å². The van der Waals surface area contributed by atoms with Gasteiger partial charge in [0.25, 0.3) is 0 Å². The van der Waals surface area contributed by atoms with Gasteiger partial charge in [0.2, 0.25) is 0 Å². The lowest BCUT2D eigenvalue weighted by atomic mass is 9.85. The summed E-state index contributed by atoms with van der Waals surface area (Å²) in [6.45, 7) is 6.79. The van der Waals surface area contributed by atoms with Crippen LogP contribution < -0.4 is 10.1 Å². The summed E-state index contributed by atoms with van der Waals surface area (Å²) < 4.78 is 5.29. The van der Waals surface area contributed by atoms with E-state index < -0.39 is 6.10 Å².